The molecule has 0 aliphatic carbocycles. The maximum absolute atomic E-state index is 11.5. The first kappa shape index (κ1) is 23.2. The Kier molecular flexibility index (Phi) is 7.41. The Morgan fingerprint density at radius 1 is 1.16 bits per heavy atom. The van der Waals surface area contributed by atoms with Gasteiger partial charge in [-0.1, -0.05) is 49.4 Å². The molecule has 0 aliphatic rings. The van der Waals surface area contributed by atoms with Gasteiger partial charge >= 0.3 is 5.97 Å². The number of aromatic carboxylic acids is 1. The van der Waals surface area contributed by atoms with E-state index in [1.54, 1.807) is 37.1 Å². The number of benzene rings is 2. The molecule has 7 heteroatoms. The average Bonchev–Trinajstić information content (AvgIpc) is 3.22. The summed E-state index contributed by atoms with van der Waals surface area (Å²) in [6.07, 6.45) is 7.07. The zero-order chi connectivity index (χ0) is 23.1. The van der Waals surface area contributed by atoms with Crippen molar-refractivity contribution in [3.05, 3.63) is 71.3 Å². The Bertz CT molecular complexity index is 1100. The van der Waals surface area contributed by atoms with E-state index in [4.69, 9.17) is 20.9 Å². The largest absolute Gasteiger partial charge is 0.478 e. The van der Waals surface area contributed by atoms with Gasteiger partial charge in [-0.25, -0.2) is 14.5 Å². The van der Waals surface area contributed by atoms with Gasteiger partial charge in [-0.15, -0.1) is 12.3 Å². The van der Waals surface area contributed by atoms with Gasteiger partial charge in [-0.3, -0.25) is 0 Å². The standard InChI is InChI=1S/C25H27N3O4/c1-5-7-16-28-22(26-24(27-28)25(6-2,31-3)32-4)17-18-12-14-19(15-13-18)20-10-8-9-11-21(20)23(29)30/h1,8-15H,6-7,16-17H2,2-4H3,(H,29,30). The third kappa shape index (κ3) is 4.72. The minimum atomic E-state index is -1.01. The molecule has 0 unspecified atom stereocenters. The first-order valence-corrected chi connectivity index (χ1v) is 10.4. The van der Waals surface area contributed by atoms with Crippen LogP contribution in [-0.2, 0) is 28.2 Å². The predicted molar refractivity (Wildman–Crippen MR) is 121 cm³/mol. The fourth-order valence-corrected chi connectivity index (χ4v) is 3.63. The second kappa shape index (κ2) is 10.2. The molecule has 0 radical (unpaired) electrons. The molecule has 0 fully saturated rings. The van der Waals surface area contributed by atoms with Crippen LogP contribution in [0.1, 0.15) is 47.3 Å². The summed E-state index contributed by atoms with van der Waals surface area (Å²) < 4.78 is 13.0. The normalized spacial score (nSPS) is 11.3. The van der Waals surface area contributed by atoms with Crippen molar-refractivity contribution in [1.82, 2.24) is 14.8 Å². The molecular weight excluding hydrogens is 406 g/mol. The molecule has 0 atom stereocenters. The molecule has 0 spiro atoms. The van der Waals surface area contributed by atoms with Crippen molar-refractivity contribution in [3.63, 3.8) is 0 Å². The van der Waals surface area contributed by atoms with Crippen molar-refractivity contribution in [2.75, 3.05) is 14.2 Å². The SMILES string of the molecule is C#CCCn1nc(C(CC)(OC)OC)nc1Cc1ccc(-c2ccccc2C(=O)O)cc1. The summed E-state index contributed by atoms with van der Waals surface area (Å²) in [5.41, 5.74) is 2.80. The van der Waals surface area contributed by atoms with Crippen LogP contribution in [0.25, 0.3) is 11.1 Å². The number of ether oxygens (including phenoxy) is 2. The molecule has 7 nitrogen and oxygen atoms in total. The highest BCUT2D eigenvalue weighted by Crippen LogP contribution is 2.28. The van der Waals surface area contributed by atoms with Crippen LogP contribution in [0.3, 0.4) is 0 Å². The number of carbonyl (C=O) groups is 1. The monoisotopic (exact) mass is 433 g/mol. The number of aryl methyl sites for hydroxylation is 1. The van der Waals surface area contributed by atoms with Crippen LogP contribution in [-0.4, -0.2) is 40.1 Å². The Morgan fingerprint density at radius 3 is 2.44 bits per heavy atom. The number of nitrogens with zero attached hydrogens (tertiary/aromatic N) is 3. The van der Waals surface area contributed by atoms with E-state index in [0.717, 1.165) is 17.0 Å². The van der Waals surface area contributed by atoms with Gasteiger partial charge in [0.2, 0.25) is 11.6 Å². The lowest BCUT2D eigenvalue weighted by Gasteiger charge is -2.26. The molecule has 3 aromatic rings. The topological polar surface area (TPSA) is 86.5 Å². The van der Waals surface area contributed by atoms with Gasteiger partial charge in [0, 0.05) is 33.5 Å². The van der Waals surface area contributed by atoms with Gasteiger partial charge < -0.3 is 14.6 Å². The zero-order valence-corrected chi connectivity index (χ0v) is 18.5. The third-order valence-corrected chi connectivity index (χ3v) is 5.47. The summed E-state index contributed by atoms with van der Waals surface area (Å²) in [5, 5.41) is 14.1. The van der Waals surface area contributed by atoms with Gasteiger partial charge in [0.25, 0.3) is 0 Å². The summed E-state index contributed by atoms with van der Waals surface area (Å²) in [6.45, 7) is 2.48. The highest BCUT2D eigenvalue weighted by atomic mass is 16.7. The number of terminal acetylenes is 1. The van der Waals surface area contributed by atoms with Gasteiger partial charge in [0.05, 0.1) is 12.1 Å². The summed E-state index contributed by atoms with van der Waals surface area (Å²) in [6, 6.07) is 14.7. The average molecular weight is 434 g/mol. The lowest BCUT2D eigenvalue weighted by Crippen LogP contribution is -2.31. The highest BCUT2D eigenvalue weighted by Gasteiger charge is 2.35. The van der Waals surface area contributed by atoms with Crippen LogP contribution in [0.5, 0.6) is 0 Å². The van der Waals surface area contributed by atoms with Gasteiger partial charge in [-0.05, 0) is 22.8 Å². The van der Waals surface area contributed by atoms with E-state index in [-0.39, 0.29) is 5.56 Å². The molecule has 0 amide bonds. The number of hydrogen-bond acceptors (Lipinski definition) is 5. The van der Waals surface area contributed by atoms with Crippen LogP contribution < -0.4 is 0 Å². The van der Waals surface area contributed by atoms with E-state index in [0.29, 0.717) is 37.2 Å². The highest BCUT2D eigenvalue weighted by molar-refractivity contribution is 5.95. The van der Waals surface area contributed by atoms with E-state index in [2.05, 4.69) is 11.0 Å². The Morgan fingerprint density at radius 2 is 1.84 bits per heavy atom. The quantitative estimate of drug-likeness (QED) is 0.382. The molecule has 2 aromatic carbocycles. The van der Waals surface area contributed by atoms with Crippen LogP contribution in [0.4, 0.5) is 0 Å². The van der Waals surface area contributed by atoms with Crippen LogP contribution in [0.15, 0.2) is 48.5 Å². The summed E-state index contributed by atoms with van der Waals surface area (Å²) in [4.78, 5) is 16.2. The van der Waals surface area contributed by atoms with Crippen molar-refractivity contribution >= 4 is 5.97 Å². The lowest BCUT2D eigenvalue weighted by atomic mass is 9.98. The van der Waals surface area contributed by atoms with E-state index in [1.165, 1.54) is 0 Å². The molecule has 32 heavy (non-hydrogen) atoms. The maximum atomic E-state index is 11.5. The second-order valence-electron chi connectivity index (χ2n) is 7.27. The first-order valence-electron chi connectivity index (χ1n) is 10.4. The molecule has 0 saturated heterocycles. The molecule has 1 aromatic heterocycles. The summed E-state index contributed by atoms with van der Waals surface area (Å²) in [7, 11) is 3.14. The number of hydrogen-bond donors (Lipinski definition) is 1. The van der Waals surface area contributed by atoms with Crippen molar-refractivity contribution in [3.8, 4) is 23.5 Å². The first-order chi connectivity index (χ1) is 15.5. The third-order valence-electron chi connectivity index (χ3n) is 5.47. The number of rotatable bonds is 10. The zero-order valence-electron chi connectivity index (χ0n) is 18.5. The van der Waals surface area contributed by atoms with Crippen LogP contribution in [0, 0.1) is 12.3 Å². The summed E-state index contributed by atoms with van der Waals surface area (Å²) >= 11 is 0. The van der Waals surface area contributed by atoms with Crippen LogP contribution >= 0.6 is 0 Å². The summed E-state index contributed by atoms with van der Waals surface area (Å²) in [5.74, 6) is 1.89. The molecular formula is C25H27N3O4. The van der Waals surface area contributed by atoms with Crippen molar-refractivity contribution in [2.24, 2.45) is 0 Å². The fourth-order valence-electron chi connectivity index (χ4n) is 3.63. The van der Waals surface area contributed by atoms with Gasteiger partial charge in [-0.2, -0.15) is 5.10 Å². The molecule has 1 heterocycles. The van der Waals surface area contributed by atoms with Gasteiger partial charge in [0.15, 0.2) is 0 Å². The van der Waals surface area contributed by atoms with E-state index >= 15 is 0 Å². The molecule has 0 saturated carbocycles. The van der Waals surface area contributed by atoms with Crippen molar-refractivity contribution in [1.29, 1.82) is 0 Å². The lowest BCUT2D eigenvalue weighted by molar-refractivity contribution is -0.222. The predicted octanol–water partition coefficient (Wildman–Crippen LogP) is 4.11. The smallest absolute Gasteiger partial charge is 0.336 e. The number of carboxylic acid groups (broad SMARTS) is 1. The van der Waals surface area contributed by atoms with Crippen LogP contribution in [0.2, 0.25) is 0 Å². The number of aromatic nitrogens is 3. The number of carboxylic acids is 1. The Labute approximate surface area is 188 Å². The van der Waals surface area contributed by atoms with Crippen molar-refractivity contribution in [2.45, 2.75) is 38.5 Å². The van der Waals surface area contributed by atoms with E-state index in [1.807, 2.05) is 37.3 Å². The maximum Gasteiger partial charge on any atom is 0.336 e. The van der Waals surface area contributed by atoms with Crippen molar-refractivity contribution < 1.29 is 19.4 Å². The molecule has 0 aliphatic heterocycles. The second-order valence-corrected chi connectivity index (χ2v) is 7.27. The minimum absolute atomic E-state index is 0.272. The van der Waals surface area contributed by atoms with E-state index in [9.17, 15) is 9.90 Å². The number of methoxy groups -OCH3 is 2. The molecule has 3 rings (SSSR count). The fraction of sp³-hybridized carbons (Fsp3) is 0.320. The van der Waals surface area contributed by atoms with E-state index < -0.39 is 11.8 Å². The van der Waals surface area contributed by atoms with Gasteiger partial charge in [0.1, 0.15) is 5.82 Å². The molecule has 1 N–H and O–H groups in total. The minimum Gasteiger partial charge on any atom is -0.478 e. The Balaban J connectivity index is 1.91. The molecule has 166 valence electrons. The molecule has 0 bridgehead atoms. The Hall–Kier alpha value is -3.47.